The zero-order valence-electron chi connectivity index (χ0n) is 13.6. The fourth-order valence-corrected chi connectivity index (χ4v) is 3.08. The van der Waals surface area contributed by atoms with Crippen molar-refractivity contribution in [3.63, 3.8) is 0 Å². The SMILES string of the molecule is O=C(Nc1ccc(O)cc1)C1CCN(CC(=O)N2CCOCC2)C1. The number of carbonyl (C=O) groups is 2. The number of phenolic OH excluding ortho intramolecular Hbond substituents is 1. The normalized spacial score (nSPS) is 21.7. The van der Waals surface area contributed by atoms with Gasteiger partial charge in [-0.1, -0.05) is 0 Å². The van der Waals surface area contributed by atoms with Gasteiger partial charge in [0.05, 0.1) is 25.7 Å². The highest BCUT2D eigenvalue weighted by Gasteiger charge is 2.30. The largest absolute Gasteiger partial charge is 0.508 e. The lowest BCUT2D eigenvalue weighted by Gasteiger charge is -2.28. The second kappa shape index (κ2) is 7.63. The van der Waals surface area contributed by atoms with Crippen LogP contribution in [0.2, 0.25) is 0 Å². The summed E-state index contributed by atoms with van der Waals surface area (Å²) in [6.07, 6.45) is 0.750. The molecule has 0 aliphatic carbocycles. The second-order valence-corrected chi connectivity index (χ2v) is 6.25. The molecule has 1 atom stereocenters. The fourth-order valence-electron chi connectivity index (χ4n) is 3.08. The maximum atomic E-state index is 12.3. The first-order valence-corrected chi connectivity index (χ1v) is 8.29. The number of likely N-dealkylation sites (tertiary alicyclic amines) is 1. The average Bonchev–Trinajstić information content (AvgIpc) is 3.06. The number of phenols is 1. The van der Waals surface area contributed by atoms with Crippen LogP contribution in [0.25, 0.3) is 0 Å². The molecular weight excluding hydrogens is 310 g/mol. The van der Waals surface area contributed by atoms with Gasteiger partial charge in [0.2, 0.25) is 11.8 Å². The Morgan fingerprint density at radius 1 is 1.17 bits per heavy atom. The number of benzene rings is 1. The highest BCUT2D eigenvalue weighted by molar-refractivity contribution is 5.93. The molecule has 1 aromatic carbocycles. The van der Waals surface area contributed by atoms with Crippen molar-refractivity contribution in [1.29, 1.82) is 0 Å². The number of nitrogens with one attached hydrogen (secondary N) is 1. The summed E-state index contributed by atoms with van der Waals surface area (Å²) >= 11 is 0. The van der Waals surface area contributed by atoms with Gasteiger partial charge in [0.1, 0.15) is 5.75 Å². The zero-order chi connectivity index (χ0) is 16.9. The second-order valence-electron chi connectivity index (χ2n) is 6.25. The minimum atomic E-state index is -0.115. The summed E-state index contributed by atoms with van der Waals surface area (Å²) in [5.74, 6) is 0.123. The van der Waals surface area contributed by atoms with E-state index in [-0.39, 0.29) is 23.5 Å². The molecule has 7 heteroatoms. The molecule has 2 aliphatic heterocycles. The van der Waals surface area contributed by atoms with Gasteiger partial charge in [0.25, 0.3) is 0 Å². The molecule has 7 nitrogen and oxygen atoms in total. The Balaban J connectivity index is 1.46. The van der Waals surface area contributed by atoms with E-state index in [9.17, 15) is 14.7 Å². The highest BCUT2D eigenvalue weighted by atomic mass is 16.5. The Hall–Kier alpha value is -2.12. The molecule has 0 radical (unpaired) electrons. The van der Waals surface area contributed by atoms with Gasteiger partial charge < -0.3 is 20.1 Å². The van der Waals surface area contributed by atoms with Gasteiger partial charge in [-0.2, -0.15) is 0 Å². The molecule has 130 valence electrons. The van der Waals surface area contributed by atoms with Gasteiger partial charge in [-0.05, 0) is 37.2 Å². The molecule has 24 heavy (non-hydrogen) atoms. The molecule has 0 aromatic heterocycles. The predicted octanol–water partition coefficient (Wildman–Crippen LogP) is 0.511. The van der Waals surface area contributed by atoms with E-state index in [2.05, 4.69) is 5.32 Å². The zero-order valence-corrected chi connectivity index (χ0v) is 13.6. The number of rotatable bonds is 4. The number of hydrogen-bond donors (Lipinski definition) is 2. The van der Waals surface area contributed by atoms with Crippen molar-refractivity contribution in [2.45, 2.75) is 6.42 Å². The van der Waals surface area contributed by atoms with Crippen LogP contribution in [0, 0.1) is 5.92 Å². The molecule has 0 saturated carbocycles. The minimum absolute atomic E-state index is 0.0398. The lowest BCUT2D eigenvalue weighted by atomic mass is 10.1. The summed E-state index contributed by atoms with van der Waals surface area (Å²) in [5.41, 5.74) is 0.667. The van der Waals surface area contributed by atoms with E-state index < -0.39 is 0 Å². The molecule has 2 N–H and O–H groups in total. The van der Waals surface area contributed by atoms with Gasteiger partial charge in [0, 0.05) is 25.3 Å². The molecule has 2 fully saturated rings. The van der Waals surface area contributed by atoms with E-state index in [1.165, 1.54) is 12.1 Å². The number of anilines is 1. The monoisotopic (exact) mass is 333 g/mol. The molecule has 2 aliphatic rings. The van der Waals surface area contributed by atoms with Crippen LogP contribution in [0.15, 0.2) is 24.3 Å². The Labute approximate surface area is 141 Å². The first-order valence-electron chi connectivity index (χ1n) is 8.29. The first kappa shape index (κ1) is 16.7. The van der Waals surface area contributed by atoms with Crippen LogP contribution in [0.3, 0.4) is 0 Å². The molecule has 2 saturated heterocycles. The van der Waals surface area contributed by atoms with Crippen molar-refractivity contribution in [1.82, 2.24) is 9.80 Å². The standard InChI is InChI=1S/C17H23N3O4/c21-15-3-1-14(2-4-15)18-17(23)13-5-6-19(11-13)12-16(22)20-7-9-24-10-8-20/h1-4,13,21H,5-12H2,(H,18,23). The summed E-state index contributed by atoms with van der Waals surface area (Å²) in [6.45, 7) is 4.22. The van der Waals surface area contributed by atoms with E-state index in [1.807, 2.05) is 9.80 Å². The molecule has 2 heterocycles. The highest BCUT2D eigenvalue weighted by Crippen LogP contribution is 2.20. The van der Waals surface area contributed by atoms with Crippen LogP contribution in [-0.2, 0) is 14.3 Å². The smallest absolute Gasteiger partial charge is 0.236 e. The molecule has 2 amide bonds. The topological polar surface area (TPSA) is 82.1 Å². The Bertz CT molecular complexity index is 584. The van der Waals surface area contributed by atoms with Crippen molar-refractivity contribution in [2.75, 3.05) is 51.3 Å². The minimum Gasteiger partial charge on any atom is -0.508 e. The van der Waals surface area contributed by atoms with Crippen molar-refractivity contribution in [3.05, 3.63) is 24.3 Å². The van der Waals surface area contributed by atoms with Crippen molar-refractivity contribution in [2.24, 2.45) is 5.92 Å². The molecule has 0 bridgehead atoms. The molecule has 1 unspecified atom stereocenters. The van der Waals surface area contributed by atoms with Gasteiger partial charge in [-0.25, -0.2) is 0 Å². The third kappa shape index (κ3) is 4.24. The quantitative estimate of drug-likeness (QED) is 0.785. The predicted molar refractivity (Wildman–Crippen MR) is 88.7 cm³/mol. The number of hydrogen-bond acceptors (Lipinski definition) is 5. The summed E-state index contributed by atoms with van der Waals surface area (Å²) in [6, 6.07) is 6.42. The fraction of sp³-hybridized carbons (Fsp3) is 0.529. The van der Waals surface area contributed by atoms with Crippen LogP contribution >= 0.6 is 0 Å². The van der Waals surface area contributed by atoms with E-state index >= 15 is 0 Å². The first-order chi connectivity index (χ1) is 11.6. The van der Waals surface area contributed by atoms with Crippen molar-refractivity contribution in [3.8, 4) is 5.75 Å². The number of aromatic hydroxyl groups is 1. The van der Waals surface area contributed by atoms with Crippen LogP contribution in [-0.4, -0.2) is 72.7 Å². The van der Waals surface area contributed by atoms with Gasteiger partial charge in [-0.3, -0.25) is 14.5 Å². The number of ether oxygens (including phenoxy) is 1. The van der Waals surface area contributed by atoms with E-state index in [0.29, 0.717) is 45.1 Å². The molecule has 0 spiro atoms. The molecule has 3 rings (SSSR count). The Kier molecular flexibility index (Phi) is 5.32. The Morgan fingerprint density at radius 2 is 1.88 bits per heavy atom. The summed E-state index contributed by atoms with van der Waals surface area (Å²) in [7, 11) is 0. The maximum Gasteiger partial charge on any atom is 0.236 e. The number of nitrogens with zero attached hydrogens (tertiary/aromatic N) is 2. The third-order valence-corrected chi connectivity index (χ3v) is 4.50. The Morgan fingerprint density at radius 3 is 2.58 bits per heavy atom. The molecular formula is C17H23N3O4. The summed E-state index contributed by atoms with van der Waals surface area (Å²) in [4.78, 5) is 28.4. The lowest BCUT2D eigenvalue weighted by molar-refractivity contribution is -0.136. The maximum absolute atomic E-state index is 12.3. The third-order valence-electron chi connectivity index (χ3n) is 4.50. The van der Waals surface area contributed by atoms with Crippen LogP contribution in [0.4, 0.5) is 5.69 Å². The van der Waals surface area contributed by atoms with Crippen molar-refractivity contribution >= 4 is 17.5 Å². The van der Waals surface area contributed by atoms with E-state index in [1.54, 1.807) is 12.1 Å². The summed E-state index contributed by atoms with van der Waals surface area (Å²) < 4.78 is 5.26. The number of amides is 2. The van der Waals surface area contributed by atoms with Crippen molar-refractivity contribution < 1.29 is 19.4 Å². The van der Waals surface area contributed by atoms with Crippen LogP contribution < -0.4 is 5.32 Å². The lowest BCUT2D eigenvalue weighted by Crippen LogP contribution is -2.45. The van der Waals surface area contributed by atoms with Gasteiger partial charge in [0.15, 0.2) is 0 Å². The molecule has 1 aromatic rings. The van der Waals surface area contributed by atoms with Gasteiger partial charge in [-0.15, -0.1) is 0 Å². The van der Waals surface area contributed by atoms with Gasteiger partial charge >= 0.3 is 0 Å². The van der Waals surface area contributed by atoms with E-state index in [0.717, 1.165) is 13.0 Å². The van der Waals surface area contributed by atoms with Crippen LogP contribution in [0.1, 0.15) is 6.42 Å². The number of carbonyl (C=O) groups excluding carboxylic acids is 2. The van der Waals surface area contributed by atoms with Crippen LogP contribution in [0.5, 0.6) is 5.75 Å². The summed E-state index contributed by atoms with van der Waals surface area (Å²) in [5, 5.41) is 12.1. The number of morpholine rings is 1. The average molecular weight is 333 g/mol. The van der Waals surface area contributed by atoms with E-state index in [4.69, 9.17) is 4.74 Å².